The molecule has 1 atom stereocenters. The van der Waals surface area contributed by atoms with Gasteiger partial charge in [0.1, 0.15) is 11.9 Å². The van der Waals surface area contributed by atoms with E-state index in [-0.39, 0.29) is 12.8 Å². The molecule has 0 fully saturated rings. The number of anilines is 1. The molecule has 4 N–H and O–H groups in total. The second-order valence-electron chi connectivity index (χ2n) is 4.39. The Labute approximate surface area is 119 Å². The molecule has 0 aliphatic carbocycles. The summed E-state index contributed by atoms with van der Waals surface area (Å²) in [6.07, 6.45) is -0.618. The average Bonchev–Trinajstić information content (AvgIpc) is 2.38. The van der Waals surface area contributed by atoms with E-state index in [1.807, 2.05) is 0 Å². The molecular weight excluding hydrogens is 283 g/mol. The van der Waals surface area contributed by atoms with E-state index in [1.165, 1.54) is 25.1 Å². The summed E-state index contributed by atoms with van der Waals surface area (Å²) in [6, 6.07) is 1.77. The summed E-state index contributed by atoms with van der Waals surface area (Å²) in [7, 11) is 0. The van der Waals surface area contributed by atoms with Crippen molar-refractivity contribution in [2.75, 3.05) is 5.32 Å². The van der Waals surface area contributed by atoms with Crippen LogP contribution in [0.4, 0.5) is 14.9 Å². The van der Waals surface area contributed by atoms with Gasteiger partial charge in [-0.05, 0) is 37.1 Å². The SMILES string of the molecule is Cc1cc(NC(=O)NC(CCC(=O)O)C(=O)O)ccc1F. The van der Waals surface area contributed by atoms with Crippen LogP contribution < -0.4 is 10.6 Å². The number of aryl methyl sites for hydroxylation is 1. The standard InChI is InChI=1S/C13H15FN2O5/c1-7-6-8(2-3-9(7)14)15-13(21)16-10(12(19)20)4-5-11(17)18/h2-3,6,10H,4-5H2,1H3,(H,17,18)(H,19,20)(H2,15,16,21). The van der Waals surface area contributed by atoms with Crippen molar-refractivity contribution in [1.29, 1.82) is 0 Å². The lowest BCUT2D eigenvalue weighted by Crippen LogP contribution is -2.43. The van der Waals surface area contributed by atoms with Crippen LogP contribution in [0.15, 0.2) is 18.2 Å². The molecule has 0 saturated heterocycles. The minimum atomic E-state index is -1.33. The van der Waals surface area contributed by atoms with Gasteiger partial charge in [-0.25, -0.2) is 14.0 Å². The van der Waals surface area contributed by atoms with E-state index >= 15 is 0 Å². The van der Waals surface area contributed by atoms with Gasteiger partial charge >= 0.3 is 18.0 Å². The molecule has 0 aliphatic heterocycles. The summed E-state index contributed by atoms with van der Waals surface area (Å²) in [5, 5.41) is 21.9. The van der Waals surface area contributed by atoms with Crippen molar-refractivity contribution in [2.24, 2.45) is 0 Å². The van der Waals surface area contributed by atoms with E-state index < -0.39 is 29.8 Å². The van der Waals surface area contributed by atoms with Gasteiger partial charge in [0.05, 0.1) is 0 Å². The lowest BCUT2D eigenvalue weighted by Gasteiger charge is -2.14. The fraction of sp³-hybridized carbons (Fsp3) is 0.308. The number of hydrogen-bond acceptors (Lipinski definition) is 3. The van der Waals surface area contributed by atoms with Gasteiger partial charge in [-0.3, -0.25) is 4.79 Å². The molecule has 0 saturated carbocycles. The molecular formula is C13H15FN2O5. The van der Waals surface area contributed by atoms with Gasteiger partial charge < -0.3 is 20.8 Å². The number of nitrogens with one attached hydrogen (secondary N) is 2. The molecule has 0 aromatic heterocycles. The van der Waals surface area contributed by atoms with Crippen LogP contribution in [0.25, 0.3) is 0 Å². The van der Waals surface area contributed by atoms with E-state index in [0.717, 1.165) is 0 Å². The Morgan fingerprint density at radius 1 is 1.29 bits per heavy atom. The molecule has 0 spiro atoms. The third-order valence-electron chi connectivity index (χ3n) is 2.67. The predicted molar refractivity (Wildman–Crippen MR) is 71.6 cm³/mol. The van der Waals surface area contributed by atoms with Crippen LogP contribution in [0.5, 0.6) is 0 Å². The number of carbonyl (C=O) groups excluding carboxylic acids is 1. The van der Waals surface area contributed by atoms with Crippen LogP contribution >= 0.6 is 0 Å². The number of carboxylic acid groups (broad SMARTS) is 2. The van der Waals surface area contributed by atoms with Gasteiger partial charge in [-0.2, -0.15) is 0 Å². The molecule has 0 aliphatic rings. The number of halogens is 1. The third-order valence-corrected chi connectivity index (χ3v) is 2.67. The van der Waals surface area contributed by atoms with Crippen LogP contribution in [-0.4, -0.2) is 34.2 Å². The van der Waals surface area contributed by atoms with Crippen LogP contribution in [-0.2, 0) is 9.59 Å². The first-order valence-electron chi connectivity index (χ1n) is 6.08. The van der Waals surface area contributed by atoms with Crippen molar-refractivity contribution < 1.29 is 29.0 Å². The Morgan fingerprint density at radius 3 is 2.48 bits per heavy atom. The minimum Gasteiger partial charge on any atom is -0.481 e. The van der Waals surface area contributed by atoms with Crippen molar-refractivity contribution >= 4 is 23.7 Å². The van der Waals surface area contributed by atoms with Gasteiger partial charge in [0, 0.05) is 12.1 Å². The van der Waals surface area contributed by atoms with E-state index in [9.17, 15) is 18.8 Å². The Kier molecular flexibility index (Phi) is 5.65. The molecule has 8 heteroatoms. The molecule has 114 valence electrons. The number of carbonyl (C=O) groups is 3. The smallest absolute Gasteiger partial charge is 0.326 e. The van der Waals surface area contributed by atoms with Crippen LogP contribution in [0.1, 0.15) is 18.4 Å². The van der Waals surface area contributed by atoms with Crippen molar-refractivity contribution in [1.82, 2.24) is 5.32 Å². The normalized spacial score (nSPS) is 11.5. The quantitative estimate of drug-likeness (QED) is 0.636. The van der Waals surface area contributed by atoms with Crippen LogP contribution in [0, 0.1) is 12.7 Å². The molecule has 1 aromatic carbocycles. The van der Waals surface area contributed by atoms with Crippen molar-refractivity contribution in [3.8, 4) is 0 Å². The molecule has 2 amide bonds. The zero-order valence-electron chi connectivity index (χ0n) is 11.2. The Bertz CT molecular complexity index is 561. The van der Waals surface area contributed by atoms with Crippen molar-refractivity contribution in [3.05, 3.63) is 29.6 Å². The van der Waals surface area contributed by atoms with Gasteiger partial charge in [0.15, 0.2) is 0 Å². The summed E-state index contributed by atoms with van der Waals surface area (Å²) in [6.45, 7) is 1.52. The van der Waals surface area contributed by atoms with E-state index in [1.54, 1.807) is 0 Å². The zero-order chi connectivity index (χ0) is 16.0. The largest absolute Gasteiger partial charge is 0.481 e. The fourth-order valence-corrected chi connectivity index (χ4v) is 1.57. The minimum absolute atomic E-state index is 0.236. The molecule has 1 unspecified atom stereocenters. The molecule has 0 bridgehead atoms. The molecule has 0 radical (unpaired) electrons. The molecule has 7 nitrogen and oxygen atoms in total. The maximum atomic E-state index is 13.1. The Hall–Kier alpha value is -2.64. The second kappa shape index (κ2) is 7.22. The van der Waals surface area contributed by atoms with Crippen molar-refractivity contribution in [3.63, 3.8) is 0 Å². The fourth-order valence-electron chi connectivity index (χ4n) is 1.57. The monoisotopic (exact) mass is 298 g/mol. The summed E-state index contributed by atoms with van der Waals surface area (Å²) in [5.74, 6) is -2.91. The number of benzene rings is 1. The average molecular weight is 298 g/mol. The molecule has 21 heavy (non-hydrogen) atoms. The number of rotatable bonds is 6. The van der Waals surface area contributed by atoms with Gasteiger partial charge in [0.25, 0.3) is 0 Å². The van der Waals surface area contributed by atoms with Gasteiger partial charge in [-0.15, -0.1) is 0 Å². The molecule has 1 aromatic rings. The maximum Gasteiger partial charge on any atom is 0.326 e. The molecule has 1 rings (SSSR count). The lowest BCUT2D eigenvalue weighted by molar-refractivity contribution is -0.140. The van der Waals surface area contributed by atoms with E-state index in [4.69, 9.17) is 10.2 Å². The summed E-state index contributed by atoms with van der Waals surface area (Å²) >= 11 is 0. The number of urea groups is 1. The van der Waals surface area contributed by atoms with Crippen LogP contribution in [0.3, 0.4) is 0 Å². The van der Waals surface area contributed by atoms with E-state index in [2.05, 4.69) is 10.6 Å². The highest BCUT2D eigenvalue weighted by Crippen LogP contribution is 2.13. The molecule has 0 heterocycles. The van der Waals surface area contributed by atoms with E-state index in [0.29, 0.717) is 11.3 Å². The maximum absolute atomic E-state index is 13.1. The highest BCUT2D eigenvalue weighted by Gasteiger charge is 2.20. The zero-order valence-corrected chi connectivity index (χ0v) is 11.2. The summed E-state index contributed by atoms with van der Waals surface area (Å²) < 4.78 is 13.1. The second-order valence-corrected chi connectivity index (χ2v) is 4.39. The predicted octanol–water partition coefficient (Wildman–Crippen LogP) is 1.57. The van der Waals surface area contributed by atoms with Gasteiger partial charge in [-0.1, -0.05) is 0 Å². The number of amides is 2. The lowest BCUT2D eigenvalue weighted by atomic mass is 10.1. The first-order valence-corrected chi connectivity index (χ1v) is 6.08. The van der Waals surface area contributed by atoms with Gasteiger partial charge in [0.2, 0.25) is 0 Å². The first-order chi connectivity index (χ1) is 9.79. The number of carboxylic acids is 2. The topological polar surface area (TPSA) is 116 Å². The third kappa shape index (κ3) is 5.47. The Balaban J connectivity index is 2.62. The number of hydrogen-bond donors (Lipinski definition) is 4. The number of aliphatic carboxylic acids is 2. The summed E-state index contributed by atoms with van der Waals surface area (Å²) in [4.78, 5) is 33.0. The highest BCUT2D eigenvalue weighted by molar-refractivity contribution is 5.92. The van der Waals surface area contributed by atoms with Crippen LogP contribution in [0.2, 0.25) is 0 Å². The highest BCUT2D eigenvalue weighted by atomic mass is 19.1. The summed E-state index contributed by atoms with van der Waals surface area (Å²) in [5.41, 5.74) is 0.627. The van der Waals surface area contributed by atoms with Crippen molar-refractivity contribution in [2.45, 2.75) is 25.8 Å². The first kappa shape index (κ1) is 16.4. The Morgan fingerprint density at radius 2 is 1.95 bits per heavy atom.